The van der Waals surface area contributed by atoms with Gasteiger partial charge in [-0.3, -0.25) is 4.79 Å². The number of ether oxygens (including phenoxy) is 1. The number of morpholine rings is 1. The van der Waals surface area contributed by atoms with Gasteiger partial charge in [0, 0.05) is 55.3 Å². The van der Waals surface area contributed by atoms with Crippen molar-refractivity contribution in [2.24, 2.45) is 0 Å². The first kappa shape index (κ1) is 33.1. The van der Waals surface area contributed by atoms with Crippen LogP contribution in [0, 0.1) is 0 Å². The molecule has 0 aliphatic carbocycles. The molecule has 0 bridgehead atoms. The van der Waals surface area contributed by atoms with Gasteiger partial charge in [-0.25, -0.2) is 0 Å². The fraction of sp³-hybridized carbons (Fsp3) is 0.235. The summed E-state index contributed by atoms with van der Waals surface area (Å²) in [6.45, 7) is 6.91. The normalized spacial score (nSPS) is 14.4. The van der Waals surface area contributed by atoms with Crippen molar-refractivity contribution >= 4 is 49.1 Å². The van der Waals surface area contributed by atoms with Crippen LogP contribution in [-0.4, -0.2) is 63.9 Å². The van der Waals surface area contributed by atoms with E-state index < -0.39 is 8.45 Å². The summed E-state index contributed by atoms with van der Waals surface area (Å²) in [5, 5.41) is 10.2. The first-order valence-electron chi connectivity index (χ1n) is 14.7. The molecule has 2 aliphatic heterocycles. The molecule has 2 heterocycles. The molecule has 0 spiro atoms. The van der Waals surface area contributed by atoms with Gasteiger partial charge in [0.2, 0.25) is 8.45 Å². The lowest BCUT2D eigenvalue weighted by Crippen LogP contribution is -2.31. The Balaban J connectivity index is 0.000000257. The van der Waals surface area contributed by atoms with Gasteiger partial charge in [-0.15, -0.1) is 0 Å². The molecule has 0 saturated carbocycles. The van der Waals surface area contributed by atoms with Gasteiger partial charge in [-0.2, -0.15) is 0 Å². The number of para-hydroxylation sites is 3. The molecule has 2 saturated heterocycles. The molecule has 8 nitrogen and oxygen atoms in total. The summed E-state index contributed by atoms with van der Waals surface area (Å²) in [6.07, 6.45) is 0.833. The second-order valence-electron chi connectivity index (χ2n) is 9.64. The number of anilines is 3. The van der Waals surface area contributed by atoms with Crippen LogP contribution >= 0.6 is 20.7 Å². The first-order valence-corrected chi connectivity index (χ1v) is 16.3. The number of thiocarbonyl (C=S) groups is 1. The number of benzene rings is 4. The third-order valence-electron chi connectivity index (χ3n) is 6.45. The van der Waals surface area contributed by atoms with Crippen LogP contribution in [0.1, 0.15) is 10.4 Å². The van der Waals surface area contributed by atoms with Gasteiger partial charge in [0.25, 0.3) is 0 Å². The maximum absolute atomic E-state index is 10.0. The molecule has 0 unspecified atom stereocenters. The number of rotatable bonds is 8. The Morgan fingerprint density at radius 1 is 0.795 bits per heavy atom. The third kappa shape index (κ3) is 11.3. The zero-order valence-electron chi connectivity index (χ0n) is 24.8. The van der Waals surface area contributed by atoms with Crippen molar-refractivity contribution in [2.45, 2.75) is 0 Å². The topological polar surface area (TPSA) is 78.1 Å². The standard InChI is InChI=1S/C23H25N4OPS.C7H6O.C4H9NO/c30-23(25-20-10-4-1-5-11-20)24-16-19-28-29-26(21-12-6-2-7-13-21)17-18-27(29)22-14-8-3-9-15-22;8-6-7-4-2-1-3-5-7;1-3-6-4-2-5-1/h1-15H,16-19H2,(H2,24,25,30);1-6H;5H,1-4H2. The highest BCUT2D eigenvalue weighted by Gasteiger charge is 2.34. The largest absolute Gasteiger partial charge is 0.379 e. The summed E-state index contributed by atoms with van der Waals surface area (Å²) in [7, 11) is -0.941. The van der Waals surface area contributed by atoms with Gasteiger partial charge in [-0.1, -0.05) is 84.9 Å². The van der Waals surface area contributed by atoms with Crippen LogP contribution in [-0.2, 0) is 9.26 Å². The quantitative estimate of drug-likeness (QED) is 0.0895. The Hall–Kier alpha value is -3.85. The SMILES string of the molecule is C1COCCN1.O=Cc1ccccc1.S=C(NCCOP1N(c2ccccc2)CCN1c1ccccc1)Nc1ccccc1. The summed E-state index contributed by atoms with van der Waals surface area (Å²) in [4.78, 5) is 10.0. The van der Waals surface area contributed by atoms with E-state index >= 15 is 0 Å². The van der Waals surface area contributed by atoms with E-state index in [1.54, 1.807) is 12.1 Å². The molecule has 44 heavy (non-hydrogen) atoms. The summed E-state index contributed by atoms with van der Waals surface area (Å²) >= 11 is 5.39. The van der Waals surface area contributed by atoms with Crippen LogP contribution in [0.2, 0.25) is 0 Å². The van der Waals surface area contributed by atoms with Crippen LogP contribution in [0.3, 0.4) is 0 Å². The van der Waals surface area contributed by atoms with Crippen molar-refractivity contribution in [1.82, 2.24) is 10.6 Å². The highest BCUT2D eigenvalue weighted by molar-refractivity contribution is 7.80. The molecule has 0 amide bonds. The number of nitrogens with zero attached hydrogens (tertiary/aromatic N) is 2. The van der Waals surface area contributed by atoms with Gasteiger partial charge in [-0.05, 0) is 48.6 Å². The van der Waals surface area contributed by atoms with Crippen molar-refractivity contribution in [3.63, 3.8) is 0 Å². The van der Waals surface area contributed by atoms with E-state index in [2.05, 4.69) is 73.8 Å². The zero-order valence-corrected chi connectivity index (χ0v) is 26.5. The molecule has 0 radical (unpaired) electrons. The van der Waals surface area contributed by atoms with Gasteiger partial charge >= 0.3 is 0 Å². The van der Waals surface area contributed by atoms with Crippen LogP contribution in [0.15, 0.2) is 121 Å². The number of hydrogen-bond acceptors (Lipinski definition) is 7. The van der Waals surface area contributed by atoms with Crippen molar-refractivity contribution in [3.05, 3.63) is 127 Å². The lowest BCUT2D eigenvalue weighted by molar-refractivity contribution is 0.109. The third-order valence-corrected chi connectivity index (χ3v) is 8.80. The monoisotopic (exact) mass is 629 g/mol. The minimum atomic E-state index is -0.941. The van der Waals surface area contributed by atoms with Crippen molar-refractivity contribution in [2.75, 3.05) is 67.2 Å². The number of aldehydes is 1. The van der Waals surface area contributed by atoms with Crippen molar-refractivity contribution < 1.29 is 14.1 Å². The van der Waals surface area contributed by atoms with Crippen LogP contribution in [0.25, 0.3) is 0 Å². The maximum atomic E-state index is 10.0. The summed E-state index contributed by atoms with van der Waals surface area (Å²) in [6, 6.07) is 40.0. The second-order valence-corrected chi connectivity index (χ2v) is 11.8. The predicted octanol–water partition coefficient (Wildman–Crippen LogP) is 6.35. The van der Waals surface area contributed by atoms with Crippen molar-refractivity contribution in [1.29, 1.82) is 0 Å². The average molecular weight is 630 g/mol. The molecule has 230 valence electrons. The molecule has 4 aromatic carbocycles. The van der Waals surface area contributed by atoms with E-state index in [-0.39, 0.29) is 0 Å². The van der Waals surface area contributed by atoms with Gasteiger partial charge in [0.15, 0.2) is 5.11 Å². The van der Waals surface area contributed by atoms with E-state index in [0.717, 1.165) is 56.9 Å². The molecule has 2 aliphatic rings. The molecule has 0 aromatic heterocycles. The molecular weight excluding hydrogens is 589 g/mol. The molecule has 2 fully saturated rings. The van der Waals surface area contributed by atoms with Crippen LogP contribution in [0.5, 0.6) is 0 Å². The lowest BCUT2D eigenvalue weighted by atomic mass is 10.2. The number of hydrogen-bond donors (Lipinski definition) is 3. The summed E-state index contributed by atoms with van der Waals surface area (Å²) in [5.41, 5.74) is 4.08. The van der Waals surface area contributed by atoms with E-state index in [1.807, 2.05) is 60.7 Å². The highest BCUT2D eigenvalue weighted by Crippen LogP contribution is 2.53. The first-order chi connectivity index (χ1) is 21.7. The minimum Gasteiger partial charge on any atom is -0.379 e. The summed E-state index contributed by atoms with van der Waals surface area (Å²) in [5.74, 6) is 0. The van der Waals surface area contributed by atoms with E-state index in [4.69, 9.17) is 21.5 Å². The Bertz CT molecular complexity index is 1290. The molecule has 0 atom stereocenters. The zero-order chi connectivity index (χ0) is 30.7. The molecule has 6 rings (SSSR count). The number of nitrogens with one attached hydrogen (secondary N) is 3. The van der Waals surface area contributed by atoms with Gasteiger partial charge in [0.1, 0.15) is 6.29 Å². The number of carbonyl (C=O) groups is 1. The van der Waals surface area contributed by atoms with Gasteiger partial charge in [0.05, 0.1) is 19.8 Å². The minimum absolute atomic E-state index is 0.564. The van der Waals surface area contributed by atoms with Crippen LogP contribution < -0.4 is 25.3 Å². The smallest absolute Gasteiger partial charge is 0.248 e. The lowest BCUT2D eigenvalue weighted by Gasteiger charge is -2.30. The Morgan fingerprint density at radius 2 is 1.30 bits per heavy atom. The highest BCUT2D eigenvalue weighted by atomic mass is 32.1. The number of carbonyl (C=O) groups excluding carboxylic acids is 1. The Kier molecular flexibility index (Phi) is 14.6. The molecule has 10 heteroatoms. The van der Waals surface area contributed by atoms with E-state index in [9.17, 15) is 4.79 Å². The maximum Gasteiger partial charge on any atom is 0.248 e. The fourth-order valence-electron chi connectivity index (χ4n) is 4.32. The van der Waals surface area contributed by atoms with E-state index in [0.29, 0.717) is 18.3 Å². The predicted molar refractivity (Wildman–Crippen MR) is 187 cm³/mol. The Morgan fingerprint density at radius 3 is 1.73 bits per heavy atom. The van der Waals surface area contributed by atoms with Crippen LogP contribution in [0.4, 0.5) is 17.1 Å². The summed E-state index contributed by atoms with van der Waals surface area (Å²) < 4.78 is 16.1. The van der Waals surface area contributed by atoms with Gasteiger partial charge < -0.3 is 34.6 Å². The second kappa shape index (κ2) is 19.4. The molecule has 4 aromatic rings. The average Bonchev–Trinajstić information content (AvgIpc) is 3.53. The molecular formula is C34H40N5O3PS. The van der Waals surface area contributed by atoms with Crippen molar-refractivity contribution in [3.8, 4) is 0 Å². The Labute approximate surface area is 267 Å². The van der Waals surface area contributed by atoms with E-state index in [1.165, 1.54) is 11.4 Å². The molecule has 3 N–H and O–H groups in total. The fourth-order valence-corrected chi connectivity index (χ4v) is 6.52.